The fraction of sp³-hybridized carbons (Fsp3) is 0.567. The van der Waals surface area contributed by atoms with Crippen LogP contribution in [0, 0.1) is 5.82 Å². The lowest BCUT2D eigenvalue weighted by Crippen LogP contribution is -2.61. The molecule has 1 aromatic carbocycles. The van der Waals surface area contributed by atoms with E-state index in [1.54, 1.807) is 33.5 Å². The minimum atomic E-state index is -0.605. The first-order valence-electron chi connectivity index (χ1n) is 13.7. The second-order valence-corrected chi connectivity index (χ2v) is 13.0. The quantitative estimate of drug-likeness (QED) is 0.498. The number of halogens is 2. The van der Waals surface area contributed by atoms with E-state index in [-0.39, 0.29) is 47.9 Å². The van der Waals surface area contributed by atoms with Gasteiger partial charge in [-0.3, -0.25) is 14.5 Å². The molecular formula is C30H40ClFN4O4. The predicted octanol–water partition coefficient (Wildman–Crippen LogP) is 4.29. The van der Waals surface area contributed by atoms with E-state index in [0.717, 1.165) is 16.9 Å². The molecule has 3 heterocycles. The van der Waals surface area contributed by atoms with Crippen LogP contribution in [0.1, 0.15) is 58.4 Å². The van der Waals surface area contributed by atoms with Gasteiger partial charge in [-0.25, -0.2) is 9.18 Å². The fourth-order valence-electron chi connectivity index (χ4n) is 5.80. The highest BCUT2D eigenvalue weighted by Crippen LogP contribution is 2.40. The molecule has 4 rings (SSSR count). The highest BCUT2D eigenvalue weighted by Gasteiger charge is 2.43. The SMILES string of the molecule is CC1CN(CC(=O)N2CC(C)(C)c3c2cc(Cc2ccc(F)cc2)c(=O)n3C)C(CCl)CN1C(=O)OC(C)(C)C. The first-order chi connectivity index (χ1) is 18.6. The van der Waals surface area contributed by atoms with Crippen molar-refractivity contribution in [3.8, 4) is 0 Å². The minimum Gasteiger partial charge on any atom is -0.444 e. The number of ether oxygens (including phenoxy) is 1. The van der Waals surface area contributed by atoms with Gasteiger partial charge in [0.1, 0.15) is 11.4 Å². The summed E-state index contributed by atoms with van der Waals surface area (Å²) in [6, 6.07) is 7.53. The van der Waals surface area contributed by atoms with E-state index in [9.17, 15) is 18.8 Å². The van der Waals surface area contributed by atoms with Gasteiger partial charge < -0.3 is 19.1 Å². The van der Waals surface area contributed by atoms with Gasteiger partial charge in [0.05, 0.1) is 17.9 Å². The van der Waals surface area contributed by atoms with Crippen molar-refractivity contribution in [2.24, 2.45) is 7.05 Å². The summed E-state index contributed by atoms with van der Waals surface area (Å²) in [5.41, 5.74) is 1.73. The maximum Gasteiger partial charge on any atom is 0.410 e. The summed E-state index contributed by atoms with van der Waals surface area (Å²) in [4.78, 5) is 45.4. The monoisotopic (exact) mass is 574 g/mol. The molecule has 1 saturated heterocycles. The van der Waals surface area contributed by atoms with Crippen molar-refractivity contribution in [3.05, 3.63) is 63.3 Å². The van der Waals surface area contributed by atoms with Crippen molar-refractivity contribution in [1.29, 1.82) is 0 Å². The summed E-state index contributed by atoms with van der Waals surface area (Å²) in [5.74, 6) is -0.163. The van der Waals surface area contributed by atoms with Crippen molar-refractivity contribution in [2.45, 2.75) is 71.1 Å². The molecule has 0 N–H and O–H groups in total. The number of hydrogen-bond acceptors (Lipinski definition) is 5. The molecule has 0 bridgehead atoms. The molecule has 1 fully saturated rings. The van der Waals surface area contributed by atoms with Gasteiger partial charge in [0.2, 0.25) is 5.91 Å². The van der Waals surface area contributed by atoms with Crippen LogP contribution in [0.5, 0.6) is 0 Å². The number of benzene rings is 1. The molecule has 218 valence electrons. The van der Waals surface area contributed by atoms with Crippen molar-refractivity contribution in [3.63, 3.8) is 0 Å². The summed E-state index contributed by atoms with van der Waals surface area (Å²) in [6.45, 7) is 12.9. The molecule has 2 aliphatic rings. The topological polar surface area (TPSA) is 75.1 Å². The normalized spacial score (nSPS) is 20.9. The Bertz CT molecular complexity index is 1330. The Morgan fingerprint density at radius 3 is 2.40 bits per heavy atom. The Hall–Kier alpha value is -2.91. The summed E-state index contributed by atoms with van der Waals surface area (Å²) in [7, 11) is 1.74. The number of amides is 2. The molecular weight excluding hydrogens is 535 g/mol. The molecule has 0 saturated carbocycles. The molecule has 2 atom stereocenters. The Morgan fingerprint density at radius 2 is 1.80 bits per heavy atom. The average molecular weight is 575 g/mol. The van der Waals surface area contributed by atoms with Crippen LogP contribution in [-0.2, 0) is 28.4 Å². The summed E-state index contributed by atoms with van der Waals surface area (Å²) in [5, 5.41) is 0. The van der Waals surface area contributed by atoms with Crippen molar-refractivity contribution in [1.82, 2.24) is 14.4 Å². The number of carbonyl (C=O) groups is 2. The van der Waals surface area contributed by atoms with E-state index in [1.807, 2.05) is 52.5 Å². The van der Waals surface area contributed by atoms with E-state index in [4.69, 9.17) is 16.3 Å². The largest absolute Gasteiger partial charge is 0.444 e. The molecule has 2 aliphatic heterocycles. The zero-order chi connectivity index (χ0) is 29.6. The lowest BCUT2D eigenvalue weighted by atomic mass is 9.90. The first kappa shape index (κ1) is 30.1. The molecule has 0 radical (unpaired) electrons. The zero-order valence-electron chi connectivity index (χ0n) is 24.5. The lowest BCUT2D eigenvalue weighted by molar-refractivity contribution is -0.121. The third-order valence-electron chi connectivity index (χ3n) is 7.66. The number of hydrogen-bond donors (Lipinski definition) is 0. The summed E-state index contributed by atoms with van der Waals surface area (Å²) in [6.07, 6.45) is -0.0489. The third-order valence-corrected chi connectivity index (χ3v) is 8.02. The van der Waals surface area contributed by atoms with E-state index >= 15 is 0 Å². The second kappa shape index (κ2) is 11.2. The molecule has 1 aromatic heterocycles. The highest BCUT2D eigenvalue weighted by molar-refractivity contribution is 6.18. The van der Waals surface area contributed by atoms with Gasteiger partial charge in [-0.2, -0.15) is 0 Å². The van der Waals surface area contributed by atoms with Crippen LogP contribution in [-0.4, -0.2) is 76.1 Å². The Balaban J connectivity index is 1.57. The summed E-state index contributed by atoms with van der Waals surface area (Å²) >= 11 is 6.33. The van der Waals surface area contributed by atoms with Crippen molar-refractivity contribution < 1.29 is 18.7 Å². The number of carbonyl (C=O) groups excluding carboxylic acids is 2. The van der Waals surface area contributed by atoms with Crippen LogP contribution in [0.4, 0.5) is 14.9 Å². The van der Waals surface area contributed by atoms with Gasteiger partial charge >= 0.3 is 6.09 Å². The van der Waals surface area contributed by atoms with Crippen LogP contribution in [0.3, 0.4) is 0 Å². The van der Waals surface area contributed by atoms with Gasteiger partial charge in [-0.05, 0) is 51.5 Å². The summed E-state index contributed by atoms with van der Waals surface area (Å²) < 4.78 is 20.7. The second-order valence-electron chi connectivity index (χ2n) is 12.7. The van der Waals surface area contributed by atoms with Crippen molar-refractivity contribution >= 4 is 29.3 Å². The number of anilines is 1. The van der Waals surface area contributed by atoms with Gasteiger partial charge in [0.15, 0.2) is 0 Å². The fourth-order valence-corrected chi connectivity index (χ4v) is 6.09. The van der Waals surface area contributed by atoms with Gasteiger partial charge in [-0.1, -0.05) is 26.0 Å². The Morgan fingerprint density at radius 1 is 1.15 bits per heavy atom. The number of piperazine rings is 1. The van der Waals surface area contributed by atoms with Gasteiger partial charge in [0.25, 0.3) is 5.56 Å². The van der Waals surface area contributed by atoms with Crippen LogP contribution >= 0.6 is 11.6 Å². The number of fused-ring (bicyclic) bond motifs is 1. The van der Waals surface area contributed by atoms with E-state index in [0.29, 0.717) is 31.6 Å². The van der Waals surface area contributed by atoms with E-state index in [2.05, 4.69) is 0 Å². The average Bonchev–Trinajstić information content (AvgIpc) is 3.13. The maximum atomic E-state index is 13.8. The zero-order valence-corrected chi connectivity index (χ0v) is 25.2. The van der Waals surface area contributed by atoms with Gasteiger partial charge in [0, 0.05) is 62.0 Å². The highest BCUT2D eigenvalue weighted by atomic mass is 35.5. The lowest BCUT2D eigenvalue weighted by Gasteiger charge is -2.44. The molecule has 2 aromatic rings. The van der Waals surface area contributed by atoms with E-state index < -0.39 is 11.0 Å². The third kappa shape index (κ3) is 6.20. The molecule has 2 unspecified atom stereocenters. The number of aromatic nitrogens is 1. The molecule has 0 spiro atoms. The van der Waals surface area contributed by atoms with Crippen LogP contribution < -0.4 is 10.5 Å². The number of rotatable bonds is 5. The first-order valence-corrected chi connectivity index (χ1v) is 14.2. The number of alkyl halides is 1. The number of nitrogens with zero attached hydrogens (tertiary/aromatic N) is 4. The molecule has 0 aliphatic carbocycles. The van der Waals surface area contributed by atoms with E-state index in [1.165, 1.54) is 12.1 Å². The smallest absolute Gasteiger partial charge is 0.410 e. The minimum absolute atomic E-state index is 0.0914. The predicted molar refractivity (Wildman–Crippen MR) is 155 cm³/mol. The molecule has 40 heavy (non-hydrogen) atoms. The maximum absolute atomic E-state index is 13.8. The van der Waals surface area contributed by atoms with Crippen LogP contribution in [0.15, 0.2) is 35.1 Å². The van der Waals surface area contributed by atoms with Crippen molar-refractivity contribution in [2.75, 3.05) is 37.0 Å². The molecule has 10 heteroatoms. The Labute approximate surface area is 240 Å². The van der Waals surface area contributed by atoms with Crippen LogP contribution in [0.2, 0.25) is 0 Å². The molecule has 8 nitrogen and oxygen atoms in total. The Kier molecular flexibility index (Phi) is 8.39. The molecule has 2 amide bonds. The van der Waals surface area contributed by atoms with Crippen LogP contribution in [0.25, 0.3) is 0 Å². The van der Waals surface area contributed by atoms with Gasteiger partial charge in [-0.15, -0.1) is 11.6 Å². The standard InChI is InChI=1S/C30H40ClFN4O4/c1-19-15-34(23(14-31)16-35(19)28(39)40-29(2,3)4)17-25(37)36-18-30(5,6)26-24(36)13-21(27(38)33(26)7)12-20-8-10-22(32)11-9-20/h8-11,13,19,23H,12,14-18H2,1-7H3. The number of pyridine rings is 1.